The van der Waals surface area contributed by atoms with Gasteiger partial charge in [-0.25, -0.2) is 0 Å². The van der Waals surface area contributed by atoms with Crippen molar-refractivity contribution in [2.75, 3.05) is 20.3 Å². The number of phenolic OH excluding ortho intramolecular Hbond substituents is 3. The van der Waals surface area contributed by atoms with Crippen LogP contribution in [0.25, 0.3) is 22.3 Å². The second-order valence-electron chi connectivity index (χ2n) is 10.0. The SMILES string of the molecule is COc1ccc(-c2cc(=O)c3c(O)cc(O)c([C@@H]4O[C@H](CO)[C@@H](O[C@@H]5OC[C@H](O)[C@H](O)[C@H]5O)[C@H](O)[C@H]4O)c3o2)cc1O. The van der Waals surface area contributed by atoms with Crippen molar-refractivity contribution >= 4 is 11.0 Å². The smallest absolute Gasteiger partial charge is 0.197 e. The van der Waals surface area contributed by atoms with Crippen LogP contribution < -0.4 is 10.2 Å². The van der Waals surface area contributed by atoms with Crippen LogP contribution in [0.4, 0.5) is 0 Å². The first kappa shape index (κ1) is 30.0. The number of aliphatic hydroxyl groups excluding tert-OH is 6. The number of methoxy groups -OCH3 is 1. The van der Waals surface area contributed by atoms with Crippen LogP contribution in [0.3, 0.4) is 0 Å². The van der Waals surface area contributed by atoms with Crippen LogP contribution in [0, 0.1) is 0 Å². The first-order valence-corrected chi connectivity index (χ1v) is 12.8. The number of aliphatic hydroxyl groups is 6. The lowest BCUT2D eigenvalue weighted by Gasteiger charge is -2.45. The maximum absolute atomic E-state index is 13.1. The lowest BCUT2D eigenvalue weighted by atomic mass is 9.89. The van der Waals surface area contributed by atoms with Gasteiger partial charge in [-0.05, 0) is 18.2 Å². The zero-order valence-electron chi connectivity index (χ0n) is 22.0. The molecule has 5 rings (SSSR count). The Morgan fingerprint density at radius 1 is 0.905 bits per heavy atom. The molecule has 228 valence electrons. The van der Waals surface area contributed by atoms with Crippen molar-refractivity contribution in [1.29, 1.82) is 0 Å². The molecule has 2 aromatic carbocycles. The Hall–Kier alpha value is -3.51. The van der Waals surface area contributed by atoms with Crippen molar-refractivity contribution < 1.29 is 69.3 Å². The molecule has 1 aromatic heterocycles. The summed E-state index contributed by atoms with van der Waals surface area (Å²) < 4.78 is 27.5. The van der Waals surface area contributed by atoms with Crippen molar-refractivity contribution in [2.24, 2.45) is 0 Å². The van der Waals surface area contributed by atoms with Crippen LogP contribution in [0.1, 0.15) is 11.7 Å². The van der Waals surface area contributed by atoms with Gasteiger partial charge in [0.1, 0.15) is 71.5 Å². The van der Waals surface area contributed by atoms with Gasteiger partial charge in [0.25, 0.3) is 0 Å². The molecule has 2 aliphatic heterocycles. The first-order chi connectivity index (χ1) is 20.0. The van der Waals surface area contributed by atoms with Crippen molar-refractivity contribution in [3.05, 3.63) is 46.1 Å². The summed E-state index contributed by atoms with van der Waals surface area (Å²) in [6.45, 7) is -1.22. The van der Waals surface area contributed by atoms with E-state index >= 15 is 0 Å². The fourth-order valence-electron chi connectivity index (χ4n) is 5.13. The van der Waals surface area contributed by atoms with Gasteiger partial charge in [0.2, 0.25) is 0 Å². The minimum atomic E-state index is -1.91. The first-order valence-electron chi connectivity index (χ1n) is 12.8. The van der Waals surface area contributed by atoms with Gasteiger partial charge < -0.3 is 69.3 Å². The summed E-state index contributed by atoms with van der Waals surface area (Å²) in [6.07, 6.45) is -14.8. The number of hydrogen-bond acceptors (Lipinski definition) is 15. The van der Waals surface area contributed by atoms with Crippen LogP contribution in [0.5, 0.6) is 23.0 Å². The van der Waals surface area contributed by atoms with Crippen LogP contribution in [0.2, 0.25) is 0 Å². The minimum absolute atomic E-state index is 0.105. The molecular weight excluding hydrogens is 564 g/mol. The van der Waals surface area contributed by atoms with Crippen LogP contribution in [-0.2, 0) is 14.2 Å². The second kappa shape index (κ2) is 11.6. The lowest BCUT2D eigenvalue weighted by Crippen LogP contribution is -2.61. The molecule has 2 saturated heterocycles. The van der Waals surface area contributed by atoms with Crippen LogP contribution in [-0.4, -0.2) is 115 Å². The summed E-state index contributed by atoms with van der Waals surface area (Å²) in [6, 6.07) is 6.01. The summed E-state index contributed by atoms with van der Waals surface area (Å²) in [4.78, 5) is 13.1. The fraction of sp³-hybridized carbons (Fsp3) is 0.444. The standard InChI is InChI=1S/C27H30O15/c1-38-15-3-2-9(4-10(15)29)16-6-13(32)18-11(30)5-12(31)19(25(18)40-16)26-22(36)21(35)24(17(7-28)41-26)42-27-23(37)20(34)14(33)8-39-27/h2-6,14,17,20-24,26-31,33-37H,7-8H2,1H3/t14-,17+,20-,21+,22+,23+,24+,26-,27-/m0/s1. The Balaban J connectivity index is 1.55. The van der Waals surface area contributed by atoms with E-state index in [9.17, 15) is 50.8 Å². The summed E-state index contributed by atoms with van der Waals surface area (Å²) >= 11 is 0. The van der Waals surface area contributed by atoms with Crippen molar-refractivity contribution in [2.45, 2.75) is 55.1 Å². The molecule has 0 amide bonds. The van der Waals surface area contributed by atoms with Gasteiger partial charge in [0, 0.05) is 17.7 Å². The zero-order chi connectivity index (χ0) is 30.5. The maximum Gasteiger partial charge on any atom is 0.197 e. The molecule has 15 nitrogen and oxygen atoms in total. The number of phenols is 3. The summed E-state index contributed by atoms with van der Waals surface area (Å²) in [5.41, 5.74) is -1.31. The molecule has 3 aromatic rings. The Bertz CT molecular complexity index is 1500. The van der Waals surface area contributed by atoms with Gasteiger partial charge in [-0.3, -0.25) is 4.79 Å². The van der Waals surface area contributed by atoms with Gasteiger partial charge in [0.15, 0.2) is 28.8 Å². The largest absolute Gasteiger partial charge is 0.507 e. The highest BCUT2D eigenvalue weighted by molar-refractivity contribution is 5.89. The van der Waals surface area contributed by atoms with E-state index in [0.29, 0.717) is 0 Å². The number of benzene rings is 2. The summed E-state index contributed by atoms with van der Waals surface area (Å²) in [5.74, 6) is -1.56. The van der Waals surface area contributed by atoms with Crippen LogP contribution in [0.15, 0.2) is 39.5 Å². The Kier molecular flexibility index (Phi) is 8.30. The number of fused-ring (bicyclic) bond motifs is 1. The molecule has 0 saturated carbocycles. The van der Waals surface area contributed by atoms with Gasteiger partial charge >= 0.3 is 0 Å². The van der Waals surface area contributed by atoms with E-state index in [0.717, 1.165) is 12.1 Å². The van der Waals surface area contributed by atoms with E-state index in [4.69, 9.17) is 23.4 Å². The Labute approximate surface area is 236 Å². The monoisotopic (exact) mass is 594 g/mol. The highest BCUT2D eigenvalue weighted by Gasteiger charge is 2.50. The Morgan fingerprint density at radius 3 is 2.31 bits per heavy atom. The number of rotatable bonds is 6. The van der Waals surface area contributed by atoms with E-state index in [1.165, 1.54) is 25.3 Å². The number of aromatic hydroxyl groups is 3. The van der Waals surface area contributed by atoms with E-state index in [-0.39, 0.29) is 33.8 Å². The molecular formula is C27H30O15. The quantitative estimate of drug-likeness (QED) is 0.159. The normalized spacial score (nSPS) is 31.7. The molecule has 42 heavy (non-hydrogen) atoms. The molecule has 0 bridgehead atoms. The summed E-state index contributed by atoms with van der Waals surface area (Å²) in [5, 5.41) is 93.1. The third-order valence-corrected chi connectivity index (χ3v) is 7.36. The molecule has 0 radical (unpaired) electrons. The van der Waals surface area contributed by atoms with E-state index in [2.05, 4.69) is 0 Å². The van der Waals surface area contributed by atoms with Gasteiger partial charge in [-0.2, -0.15) is 0 Å². The average Bonchev–Trinajstić information content (AvgIpc) is 2.95. The fourth-order valence-corrected chi connectivity index (χ4v) is 5.13. The molecule has 9 N–H and O–H groups in total. The highest BCUT2D eigenvalue weighted by Crippen LogP contribution is 2.44. The molecule has 15 heteroatoms. The van der Waals surface area contributed by atoms with E-state index < -0.39 is 90.8 Å². The third kappa shape index (κ3) is 5.15. The molecule has 3 heterocycles. The van der Waals surface area contributed by atoms with Crippen molar-refractivity contribution in [3.63, 3.8) is 0 Å². The highest BCUT2D eigenvalue weighted by atomic mass is 16.7. The molecule has 2 aliphatic rings. The predicted molar refractivity (Wildman–Crippen MR) is 139 cm³/mol. The molecule has 9 atom stereocenters. The van der Waals surface area contributed by atoms with Gasteiger partial charge in [-0.1, -0.05) is 0 Å². The predicted octanol–water partition coefficient (Wildman–Crippen LogP) is -1.44. The van der Waals surface area contributed by atoms with E-state index in [1.54, 1.807) is 0 Å². The molecule has 0 aliphatic carbocycles. The Morgan fingerprint density at radius 2 is 1.64 bits per heavy atom. The minimum Gasteiger partial charge on any atom is -0.507 e. The topological polar surface area (TPSA) is 249 Å². The van der Waals surface area contributed by atoms with Gasteiger partial charge in [0.05, 0.1) is 25.9 Å². The van der Waals surface area contributed by atoms with Gasteiger partial charge in [-0.15, -0.1) is 0 Å². The molecule has 0 spiro atoms. The van der Waals surface area contributed by atoms with Crippen molar-refractivity contribution in [1.82, 2.24) is 0 Å². The molecule has 2 fully saturated rings. The van der Waals surface area contributed by atoms with E-state index in [1.807, 2.05) is 0 Å². The van der Waals surface area contributed by atoms with Crippen LogP contribution >= 0.6 is 0 Å². The summed E-state index contributed by atoms with van der Waals surface area (Å²) in [7, 11) is 1.35. The lowest BCUT2D eigenvalue weighted by molar-refractivity contribution is -0.325. The average molecular weight is 595 g/mol. The zero-order valence-corrected chi connectivity index (χ0v) is 22.0. The number of ether oxygens (including phenoxy) is 4. The molecule has 0 unspecified atom stereocenters. The second-order valence-corrected chi connectivity index (χ2v) is 10.0. The maximum atomic E-state index is 13.1. The third-order valence-electron chi connectivity index (χ3n) is 7.36. The number of hydrogen-bond donors (Lipinski definition) is 9. The van der Waals surface area contributed by atoms with Crippen molar-refractivity contribution in [3.8, 4) is 34.3 Å².